The Morgan fingerprint density at radius 3 is 2.95 bits per heavy atom. The number of imidazole rings is 1. The maximum absolute atomic E-state index is 10.8. The van der Waals surface area contributed by atoms with E-state index in [2.05, 4.69) is 9.97 Å². The van der Waals surface area contributed by atoms with Crippen LogP contribution < -0.4 is 5.73 Å². The van der Waals surface area contributed by atoms with E-state index in [1.54, 1.807) is 10.6 Å². The molecule has 1 aliphatic rings. The molecule has 2 aromatic heterocycles. The first-order valence-corrected chi connectivity index (χ1v) is 8.18. The van der Waals surface area contributed by atoms with Gasteiger partial charge in [-0.25, -0.2) is 9.97 Å². The molecule has 0 aliphatic carbocycles. The predicted molar refractivity (Wildman–Crippen MR) is 77.7 cm³/mol. The third kappa shape index (κ3) is 2.90. The van der Waals surface area contributed by atoms with E-state index in [9.17, 15) is 9.67 Å². The van der Waals surface area contributed by atoms with Crippen molar-refractivity contribution in [3.63, 3.8) is 0 Å². The number of hydrogen-bond acceptors (Lipinski definition) is 6. The zero-order chi connectivity index (χ0) is 15.9. The number of ether oxygens (including phenoxy) is 1. The summed E-state index contributed by atoms with van der Waals surface area (Å²) in [4.78, 5) is 26.0. The van der Waals surface area contributed by atoms with Crippen molar-refractivity contribution in [3.05, 3.63) is 30.5 Å². The number of nitrogen functional groups attached to an aromatic ring is 1. The van der Waals surface area contributed by atoms with E-state index < -0.39 is 26.0 Å². The van der Waals surface area contributed by atoms with Crippen LogP contribution >= 0.6 is 7.60 Å². The van der Waals surface area contributed by atoms with Gasteiger partial charge in [0.25, 0.3) is 0 Å². The topological polar surface area (TPSA) is 144 Å². The summed E-state index contributed by atoms with van der Waals surface area (Å²) >= 11 is 0. The summed E-state index contributed by atoms with van der Waals surface area (Å²) in [5.74, 6) is 0.773. The number of fused-ring (bicyclic) bond motifs is 1. The molecule has 2 aromatic rings. The summed E-state index contributed by atoms with van der Waals surface area (Å²) in [5, 5.41) is 10.1. The number of hydrogen-bond donors (Lipinski definition) is 4. The molecular formula is C12H15N4O5P. The summed E-state index contributed by atoms with van der Waals surface area (Å²) in [6.07, 6.45) is 2.26. The number of aliphatic hydroxyl groups excluding tert-OH is 1. The van der Waals surface area contributed by atoms with E-state index in [4.69, 9.17) is 20.3 Å². The summed E-state index contributed by atoms with van der Waals surface area (Å²) in [6.45, 7) is 0. The van der Waals surface area contributed by atoms with E-state index >= 15 is 0 Å². The van der Waals surface area contributed by atoms with Crippen LogP contribution in [0.2, 0.25) is 0 Å². The SMILES string of the molecule is Nc1ccnc2c1ncn2[C@@H]1O[C@H](/C=C/P(=O)(O)O)C[C@H]1O. The van der Waals surface area contributed by atoms with Gasteiger partial charge in [-0.15, -0.1) is 0 Å². The van der Waals surface area contributed by atoms with Crippen LogP contribution in [0.5, 0.6) is 0 Å². The van der Waals surface area contributed by atoms with E-state index in [-0.39, 0.29) is 6.42 Å². The average Bonchev–Trinajstić information content (AvgIpc) is 3.00. The highest BCUT2D eigenvalue weighted by Crippen LogP contribution is 2.38. The van der Waals surface area contributed by atoms with Gasteiger partial charge in [0.2, 0.25) is 0 Å². The second-order valence-corrected chi connectivity index (χ2v) is 6.50. The summed E-state index contributed by atoms with van der Waals surface area (Å²) in [7, 11) is -4.25. The fourth-order valence-electron chi connectivity index (χ4n) is 2.40. The lowest BCUT2D eigenvalue weighted by Crippen LogP contribution is -2.19. The van der Waals surface area contributed by atoms with Crippen LogP contribution in [0.4, 0.5) is 5.69 Å². The second kappa shape index (κ2) is 5.45. The van der Waals surface area contributed by atoms with Crippen LogP contribution in [0, 0.1) is 0 Å². The Bertz CT molecular complexity index is 770. The first kappa shape index (κ1) is 15.1. The highest BCUT2D eigenvalue weighted by molar-refractivity contribution is 7.55. The first-order valence-electron chi connectivity index (χ1n) is 6.50. The van der Waals surface area contributed by atoms with Gasteiger partial charge in [-0.05, 0) is 12.1 Å². The maximum Gasteiger partial charge on any atom is 0.348 e. The van der Waals surface area contributed by atoms with Crippen molar-refractivity contribution in [2.24, 2.45) is 0 Å². The number of nitrogens with two attached hydrogens (primary N) is 1. The predicted octanol–water partition coefficient (Wildman–Crippen LogP) is 0.353. The van der Waals surface area contributed by atoms with E-state index in [0.717, 1.165) is 5.82 Å². The minimum Gasteiger partial charge on any atom is -0.397 e. The zero-order valence-electron chi connectivity index (χ0n) is 11.4. The number of aromatic nitrogens is 3. The van der Waals surface area contributed by atoms with Crippen molar-refractivity contribution in [1.29, 1.82) is 0 Å². The molecule has 0 radical (unpaired) electrons. The lowest BCUT2D eigenvalue weighted by atomic mass is 10.2. The Morgan fingerprint density at radius 2 is 2.23 bits per heavy atom. The van der Waals surface area contributed by atoms with Crippen LogP contribution in [0.3, 0.4) is 0 Å². The molecule has 3 atom stereocenters. The summed E-state index contributed by atoms with van der Waals surface area (Å²) < 4.78 is 18.0. The summed E-state index contributed by atoms with van der Waals surface area (Å²) in [6, 6.07) is 1.62. The van der Waals surface area contributed by atoms with Gasteiger partial charge in [0.1, 0.15) is 11.6 Å². The first-order chi connectivity index (χ1) is 10.3. The Labute approximate surface area is 125 Å². The molecule has 1 fully saturated rings. The number of pyridine rings is 1. The summed E-state index contributed by atoms with van der Waals surface area (Å²) in [5.41, 5.74) is 7.26. The Hall–Kier alpha value is -1.77. The van der Waals surface area contributed by atoms with Crippen LogP contribution in [0.15, 0.2) is 30.5 Å². The van der Waals surface area contributed by atoms with Gasteiger partial charge in [0, 0.05) is 18.4 Å². The second-order valence-electron chi connectivity index (χ2n) is 5.02. The largest absolute Gasteiger partial charge is 0.397 e. The highest BCUT2D eigenvalue weighted by atomic mass is 31.2. The fraction of sp³-hybridized carbons (Fsp3) is 0.333. The van der Waals surface area contributed by atoms with Crippen molar-refractivity contribution in [3.8, 4) is 0 Å². The van der Waals surface area contributed by atoms with Crippen molar-refractivity contribution in [2.75, 3.05) is 5.73 Å². The average molecular weight is 326 g/mol. The molecule has 0 amide bonds. The lowest BCUT2D eigenvalue weighted by molar-refractivity contribution is -0.0227. The van der Waals surface area contributed by atoms with Crippen molar-refractivity contribution in [1.82, 2.24) is 14.5 Å². The molecule has 5 N–H and O–H groups in total. The van der Waals surface area contributed by atoms with Gasteiger partial charge in [-0.2, -0.15) is 0 Å². The highest BCUT2D eigenvalue weighted by Gasteiger charge is 2.35. The normalized spacial score (nSPS) is 26.2. The third-order valence-electron chi connectivity index (χ3n) is 3.38. The van der Waals surface area contributed by atoms with Gasteiger partial charge in [-0.3, -0.25) is 9.13 Å². The molecule has 0 bridgehead atoms. The molecule has 9 nitrogen and oxygen atoms in total. The number of rotatable bonds is 3. The van der Waals surface area contributed by atoms with Crippen LogP contribution in [0.1, 0.15) is 12.6 Å². The van der Waals surface area contributed by atoms with Gasteiger partial charge >= 0.3 is 7.60 Å². The van der Waals surface area contributed by atoms with Crippen molar-refractivity contribution in [2.45, 2.75) is 24.9 Å². The van der Waals surface area contributed by atoms with Crippen molar-refractivity contribution < 1.29 is 24.2 Å². The standard InChI is InChI=1S/C12H15N4O5P/c13-8-1-3-14-11-10(8)15-6-16(11)12-9(17)5-7(21-12)2-4-22(18,19)20/h1-4,6-7,9,12,17H,5H2,(H2,13,14)(H2,18,19,20)/b4-2+/t7-,9-,12-/m1/s1. The van der Waals surface area contributed by atoms with Crippen molar-refractivity contribution >= 4 is 24.4 Å². The number of aliphatic hydroxyl groups is 1. The molecule has 10 heteroatoms. The molecule has 0 aromatic carbocycles. The maximum atomic E-state index is 10.8. The van der Waals surface area contributed by atoms with Gasteiger partial charge in [-0.1, -0.05) is 0 Å². The quantitative estimate of drug-likeness (QED) is 0.592. The number of nitrogens with zero attached hydrogens (tertiary/aromatic N) is 3. The van der Waals surface area contributed by atoms with Gasteiger partial charge in [0.15, 0.2) is 11.9 Å². The minimum absolute atomic E-state index is 0.211. The Morgan fingerprint density at radius 1 is 1.45 bits per heavy atom. The molecular weight excluding hydrogens is 311 g/mol. The Balaban J connectivity index is 1.87. The van der Waals surface area contributed by atoms with E-state index in [1.807, 2.05) is 0 Å². The van der Waals surface area contributed by atoms with E-state index in [0.29, 0.717) is 16.9 Å². The lowest BCUT2D eigenvalue weighted by Gasteiger charge is -2.16. The molecule has 1 aliphatic heterocycles. The van der Waals surface area contributed by atoms with Gasteiger partial charge < -0.3 is 25.4 Å². The monoisotopic (exact) mass is 326 g/mol. The molecule has 118 valence electrons. The molecule has 0 unspecified atom stereocenters. The number of anilines is 1. The van der Waals surface area contributed by atoms with Gasteiger partial charge in [0.05, 0.1) is 18.1 Å². The third-order valence-corrected chi connectivity index (χ3v) is 3.94. The molecule has 22 heavy (non-hydrogen) atoms. The van der Waals surface area contributed by atoms with E-state index in [1.165, 1.54) is 18.6 Å². The van der Waals surface area contributed by atoms with Crippen LogP contribution in [-0.4, -0.2) is 41.6 Å². The van der Waals surface area contributed by atoms with Crippen LogP contribution in [0.25, 0.3) is 11.2 Å². The molecule has 0 saturated carbocycles. The fourth-order valence-corrected chi connectivity index (χ4v) is 2.82. The smallest absolute Gasteiger partial charge is 0.348 e. The molecule has 1 saturated heterocycles. The zero-order valence-corrected chi connectivity index (χ0v) is 12.2. The molecule has 0 spiro atoms. The Kier molecular flexibility index (Phi) is 3.75. The molecule has 3 rings (SSSR count). The molecule has 3 heterocycles. The van der Waals surface area contributed by atoms with Crippen LogP contribution in [-0.2, 0) is 9.30 Å². The minimum atomic E-state index is -4.25.